The summed E-state index contributed by atoms with van der Waals surface area (Å²) in [4.78, 5) is 0. The topological polar surface area (TPSA) is 61.3 Å². The summed E-state index contributed by atoms with van der Waals surface area (Å²) in [5, 5.41) is 3.47. The summed E-state index contributed by atoms with van der Waals surface area (Å²) in [6.45, 7) is 4.73. The van der Waals surface area contributed by atoms with E-state index >= 15 is 0 Å². The molecule has 2 N–H and O–H groups in total. The van der Waals surface area contributed by atoms with E-state index in [0.717, 1.165) is 0 Å². The van der Waals surface area contributed by atoms with Crippen LogP contribution in [0.2, 0.25) is 0 Å². The lowest BCUT2D eigenvalue weighted by atomic mass is 10.2. The highest BCUT2D eigenvalue weighted by atomic mass is 16.6. The number of hydrogen-bond acceptors (Lipinski definition) is 4. The van der Waals surface area contributed by atoms with Crippen molar-refractivity contribution in [1.82, 2.24) is 5.16 Å². The Morgan fingerprint density at radius 2 is 2.45 bits per heavy atom. The van der Waals surface area contributed by atoms with E-state index in [9.17, 15) is 0 Å². The van der Waals surface area contributed by atoms with Gasteiger partial charge in [0.25, 0.3) is 0 Å². The van der Waals surface area contributed by atoms with Gasteiger partial charge in [0.15, 0.2) is 5.82 Å². The molecule has 4 heteroatoms. The smallest absolute Gasteiger partial charge is 0.313 e. The molecule has 1 heterocycles. The molecule has 0 fully saturated rings. The predicted molar refractivity (Wildman–Crippen MR) is 41.2 cm³/mol. The maximum atomic E-state index is 5.30. The van der Waals surface area contributed by atoms with E-state index in [2.05, 4.69) is 19.0 Å². The number of hydrogen-bond donors (Lipinski definition) is 1. The van der Waals surface area contributed by atoms with Crippen molar-refractivity contribution in [3.63, 3.8) is 0 Å². The molecule has 0 aliphatic carbocycles. The van der Waals surface area contributed by atoms with E-state index in [1.165, 1.54) is 0 Å². The van der Waals surface area contributed by atoms with E-state index in [1.54, 1.807) is 6.07 Å². The van der Waals surface area contributed by atoms with Crippen LogP contribution in [0.1, 0.15) is 13.8 Å². The first-order valence-corrected chi connectivity index (χ1v) is 3.53. The van der Waals surface area contributed by atoms with Crippen LogP contribution in [0.15, 0.2) is 10.6 Å². The highest BCUT2D eigenvalue weighted by Crippen LogP contribution is 2.13. The lowest BCUT2D eigenvalue weighted by Crippen LogP contribution is -2.03. The minimum atomic E-state index is 0.351. The van der Waals surface area contributed by atoms with Gasteiger partial charge in [-0.25, -0.2) is 0 Å². The van der Waals surface area contributed by atoms with Crippen LogP contribution < -0.4 is 10.5 Å². The molecule has 11 heavy (non-hydrogen) atoms. The van der Waals surface area contributed by atoms with Crippen LogP contribution in [0.5, 0.6) is 5.95 Å². The first-order chi connectivity index (χ1) is 5.18. The lowest BCUT2D eigenvalue weighted by molar-refractivity contribution is 0.191. The molecule has 0 atom stereocenters. The largest absolute Gasteiger partial charge is 0.463 e. The molecule has 1 aromatic heterocycles. The third kappa shape index (κ3) is 2.49. The van der Waals surface area contributed by atoms with Gasteiger partial charge in [0.1, 0.15) is 0 Å². The van der Waals surface area contributed by atoms with Crippen molar-refractivity contribution >= 4 is 5.82 Å². The van der Waals surface area contributed by atoms with Crippen LogP contribution in [-0.4, -0.2) is 11.8 Å². The normalized spacial score (nSPS) is 10.5. The third-order valence-corrected chi connectivity index (χ3v) is 1.07. The average Bonchev–Trinajstić information content (AvgIpc) is 2.31. The molecule has 0 amide bonds. The summed E-state index contributed by atoms with van der Waals surface area (Å²) >= 11 is 0. The molecule has 0 aliphatic heterocycles. The van der Waals surface area contributed by atoms with Gasteiger partial charge in [-0.05, 0) is 5.92 Å². The molecule has 0 aliphatic rings. The number of aromatic nitrogens is 1. The molecule has 0 saturated heterocycles. The van der Waals surface area contributed by atoms with E-state index in [-0.39, 0.29) is 0 Å². The highest BCUT2D eigenvalue weighted by molar-refractivity contribution is 5.29. The van der Waals surface area contributed by atoms with Crippen LogP contribution in [0.25, 0.3) is 0 Å². The molecule has 1 rings (SSSR count). The minimum Gasteiger partial charge on any atom is -0.463 e. The van der Waals surface area contributed by atoms with Gasteiger partial charge in [0, 0.05) is 0 Å². The van der Waals surface area contributed by atoms with Gasteiger partial charge in [-0.3, -0.25) is 0 Å². The maximum absolute atomic E-state index is 5.30. The van der Waals surface area contributed by atoms with Crippen molar-refractivity contribution in [2.24, 2.45) is 5.92 Å². The summed E-state index contributed by atoms with van der Waals surface area (Å²) in [6, 6.07) is 1.56. The lowest BCUT2D eigenvalue weighted by Gasteiger charge is -2.02. The molecule has 0 spiro atoms. The summed E-state index contributed by atoms with van der Waals surface area (Å²) in [7, 11) is 0. The van der Waals surface area contributed by atoms with Gasteiger partial charge in [0.05, 0.1) is 12.7 Å². The monoisotopic (exact) mass is 156 g/mol. The first-order valence-electron chi connectivity index (χ1n) is 3.53. The summed E-state index contributed by atoms with van der Waals surface area (Å²) in [5.41, 5.74) is 5.30. The Morgan fingerprint density at radius 3 is 2.91 bits per heavy atom. The number of ether oxygens (including phenoxy) is 1. The number of nitrogens with zero attached hydrogens (tertiary/aromatic N) is 1. The SMILES string of the molecule is CC(C)COc1cc(N)no1. The van der Waals surface area contributed by atoms with Crippen molar-refractivity contribution in [3.8, 4) is 5.95 Å². The van der Waals surface area contributed by atoms with E-state index in [0.29, 0.717) is 24.3 Å². The van der Waals surface area contributed by atoms with Gasteiger partial charge in [-0.1, -0.05) is 19.0 Å². The number of nitrogen functional groups attached to an aromatic ring is 1. The van der Waals surface area contributed by atoms with Crippen LogP contribution in [-0.2, 0) is 0 Å². The zero-order valence-electron chi connectivity index (χ0n) is 6.70. The molecule has 1 aromatic rings. The third-order valence-electron chi connectivity index (χ3n) is 1.07. The number of nitrogens with two attached hydrogens (primary N) is 1. The Labute approximate surface area is 65.3 Å². The van der Waals surface area contributed by atoms with Crippen LogP contribution in [0.4, 0.5) is 5.82 Å². The highest BCUT2D eigenvalue weighted by Gasteiger charge is 2.01. The number of anilines is 1. The van der Waals surface area contributed by atoms with Gasteiger partial charge in [-0.15, -0.1) is 0 Å². The maximum Gasteiger partial charge on any atom is 0.313 e. The average molecular weight is 156 g/mol. The van der Waals surface area contributed by atoms with Crippen molar-refractivity contribution < 1.29 is 9.26 Å². The fourth-order valence-electron chi connectivity index (χ4n) is 0.588. The summed E-state index contributed by atoms with van der Waals surface area (Å²) in [6.07, 6.45) is 0. The second-order valence-electron chi connectivity index (χ2n) is 2.78. The Morgan fingerprint density at radius 1 is 1.73 bits per heavy atom. The molecule has 0 radical (unpaired) electrons. The number of rotatable bonds is 3. The van der Waals surface area contributed by atoms with Crippen LogP contribution in [0, 0.1) is 5.92 Å². The van der Waals surface area contributed by atoms with Crippen molar-refractivity contribution in [2.75, 3.05) is 12.3 Å². The molecule has 62 valence electrons. The van der Waals surface area contributed by atoms with E-state index in [4.69, 9.17) is 15.0 Å². The molecular formula is C7H12N2O2. The molecule has 0 unspecified atom stereocenters. The second-order valence-corrected chi connectivity index (χ2v) is 2.78. The summed E-state index contributed by atoms with van der Waals surface area (Å²) in [5.74, 6) is 1.21. The van der Waals surface area contributed by atoms with Crippen molar-refractivity contribution in [3.05, 3.63) is 6.07 Å². The Kier molecular flexibility index (Phi) is 2.36. The zero-order valence-corrected chi connectivity index (χ0v) is 6.70. The Bertz CT molecular complexity index is 220. The van der Waals surface area contributed by atoms with Crippen molar-refractivity contribution in [1.29, 1.82) is 0 Å². The fourth-order valence-corrected chi connectivity index (χ4v) is 0.588. The zero-order chi connectivity index (χ0) is 8.27. The molecule has 0 bridgehead atoms. The van der Waals surface area contributed by atoms with E-state index < -0.39 is 0 Å². The fraction of sp³-hybridized carbons (Fsp3) is 0.571. The van der Waals surface area contributed by atoms with Gasteiger partial charge in [-0.2, -0.15) is 0 Å². The van der Waals surface area contributed by atoms with Crippen molar-refractivity contribution in [2.45, 2.75) is 13.8 Å². The predicted octanol–water partition coefficient (Wildman–Crippen LogP) is 1.29. The quantitative estimate of drug-likeness (QED) is 0.716. The Hall–Kier alpha value is -1.19. The van der Waals surface area contributed by atoms with Gasteiger partial charge in [0.2, 0.25) is 0 Å². The Balaban J connectivity index is 2.39. The van der Waals surface area contributed by atoms with Gasteiger partial charge >= 0.3 is 5.95 Å². The van der Waals surface area contributed by atoms with Crippen LogP contribution >= 0.6 is 0 Å². The standard InChI is InChI=1S/C7H12N2O2/c1-5(2)4-10-7-3-6(8)9-11-7/h3,5H,4H2,1-2H3,(H2,8,9). The summed E-state index contributed by atoms with van der Waals surface area (Å²) < 4.78 is 9.90. The second kappa shape index (κ2) is 3.27. The molecular weight excluding hydrogens is 144 g/mol. The molecule has 0 saturated carbocycles. The van der Waals surface area contributed by atoms with Gasteiger partial charge < -0.3 is 15.0 Å². The molecule has 0 aromatic carbocycles. The van der Waals surface area contributed by atoms with E-state index in [1.807, 2.05) is 0 Å². The van der Waals surface area contributed by atoms with Crippen LogP contribution in [0.3, 0.4) is 0 Å². The minimum absolute atomic E-state index is 0.351. The first kappa shape index (κ1) is 7.91. The molecule has 4 nitrogen and oxygen atoms in total.